The molecule has 8 heterocycles. The Morgan fingerprint density at radius 1 is 0.625 bits per heavy atom. The fourth-order valence-corrected chi connectivity index (χ4v) is 12.5. The summed E-state index contributed by atoms with van der Waals surface area (Å²) < 4.78 is 59.1. The van der Waals surface area contributed by atoms with Crippen LogP contribution < -0.4 is 39.5 Å². The van der Waals surface area contributed by atoms with E-state index in [-0.39, 0.29) is 80.7 Å². The quantitative estimate of drug-likeness (QED) is 0.0306. The van der Waals surface area contributed by atoms with E-state index >= 15 is 0 Å². The number of likely N-dealkylation sites (N-methyl/N-ethyl adjacent to an activating group) is 1. The van der Waals surface area contributed by atoms with E-state index in [0.29, 0.717) is 75.4 Å². The number of nitrogens with one attached hydrogen (secondary N) is 4. The summed E-state index contributed by atoms with van der Waals surface area (Å²) in [7, 11) is 5.70. The molecule has 0 bridgehead atoms. The number of halogens is 2. The molecule has 3 amide bonds. The molecule has 4 atom stereocenters. The summed E-state index contributed by atoms with van der Waals surface area (Å²) in [5, 5.41) is 5.22. The predicted octanol–water partition coefficient (Wildman–Crippen LogP) is 7.39. The first kappa shape index (κ1) is 68.6. The van der Waals surface area contributed by atoms with Gasteiger partial charge in [0.2, 0.25) is 49.7 Å². The molecule has 96 heavy (non-hydrogen) atoms. The Morgan fingerprint density at radius 3 is 1.65 bits per heavy atom. The number of carbonyl (C=O) groups excluding carboxylic acids is 8. The number of aromatic nitrogens is 3. The van der Waals surface area contributed by atoms with Gasteiger partial charge in [-0.2, -0.15) is 0 Å². The zero-order valence-electron chi connectivity index (χ0n) is 52.0. The molecule has 0 aliphatic carbocycles. The second kappa shape index (κ2) is 30.9. The molecule has 0 saturated carbocycles. The number of Topliss-reactive ketones (excluding diaryl/α,β-unsaturated/α-hetero) is 1. The van der Waals surface area contributed by atoms with Gasteiger partial charge < -0.3 is 73.7 Å². The van der Waals surface area contributed by atoms with Gasteiger partial charge in [-0.15, -0.1) is 23.2 Å². The molecule has 0 spiro atoms. The summed E-state index contributed by atoms with van der Waals surface area (Å²) >= 11 is 9.91. The van der Waals surface area contributed by atoms with Crippen molar-refractivity contribution >= 4 is 118 Å². The Kier molecular flexibility index (Phi) is 22.1. The minimum absolute atomic E-state index is 0.0330. The van der Waals surface area contributed by atoms with Gasteiger partial charge in [-0.3, -0.25) is 28.8 Å². The summed E-state index contributed by atoms with van der Waals surface area (Å²) in [6.45, 7) is 0.532. The number of alkyl halides is 2. The normalized spacial score (nSPS) is 16.3. The third-order valence-corrected chi connectivity index (χ3v) is 17.0. The number of amides is 3. The molecule has 14 rings (SSSR count). The maximum absolute atomic E-state index is 13.4. The zero-order chi connectivity index (χ0) is 68.3. The average molecular weight is 1420 g/mol. The Labute approximate surface area is 563 Å². The zero-order valence-corrected chi connectivity index (χ0v) is 55.2. The molecule has 9 aromatic rings. The summed E-state index contributed by atoms with van der Waals surface area (Å²) in [4.78, 5) is 114. The van der Waals surface area contributed by atoms with Crippen LogP contribution in [0.15, 0.2) is 127 Å². The number of rotatable bonds is 14. The number of likely N-dealkylation sites (tertiary alicyclic amines) is 1. The van der Waals surface area contributed by atoms with Crippen molar-refractivity contribution in [1.82, 2.24) is 30.1 Å². The van der Waals surface area contributed by atoms with Crippen LogP contribution in [-0.4, -0.2) is 166 Å². The van der Waals surface area contributed by atoms with Crippen LogP contribution in [0.4, 0.5) is 0 Å². The van der Waals surface area contributed by atoms with Crippen molar-refractivity contribution in [2.75, 3.05) is 67.0 Å². The molecule has 28 heteroatoms. The van der Waals surface area contributed by atoms with Gasteiger partial charge in [0.05, 0.1) is 38.2 Å². The van der Waals surface area contributed by atoms with Crippen molar-refractivity contribution in [2.24, 2.45) is 11.7 Å². The molecule has 6 N–H and O–H groups in total. The summed E-state index contributed by atoms with van der Waals surface area (Å²) in [6, 6.07) is 36.1. The van der Waals surface area contributed by atoms with Gasteiger partial charge in [-0.25, -0.2) is 9.59 Å². The molecular weight excluding hydrogens is 1350 g/mol. The van der Waals surface area contributed by atoms with Crippen molar-refractivity contribution in [3.05, 3.63) is 178 Å². The van der Waals surface area contributed by atoms with Gasteiger partial charge in [-0.1, -0.05) is 60.7 Å². The first-order valence-corrected chi connectivity index (χ1v) is 32.2. The second-order valence-corrected chi connectivity index (χ2v) is 22.8. The van der Waals surface area contributed by atoms with Crippen LogP contribution in [0.1, 0.15) is 72.5 Å². The number of esters is 2. The maximum atomic E-state index is 13.4. The van der Waals surface area contributed by atoms with E-state index in [0.717, 1.165) is 55.1 Å². The van der Waals surface area contributed by atoms with Gasteiger partial charge in [0.25, 0.3) is 0 Å². The van der Waals surface area contributed by atoms with Crippen molar-refractivity contribution in [3.8, 4) is 34.5 Å². The number of nitrogens with two attached hydrogens (primary N) is 1. The first-order valence-electron chi connectivity index (χ1n) is 29.8. The number of hydrogen-bond donors (Lipinski definition) is 5. The first-order chi connectivity index (χ1) is 46.6. The molecule has 0 radical (unpaired) electrons. The van der Waals surface area contributed by atoms with Gasteiger partial charge >= 0.3 is 34.4 Å². The molecule has 1 fully saturated rings. The number of carbonyl (C=O) groups is 8. The Bertz CT molecular complexity index is 4520. The summed E-state index contributed by atoms with van der Waals surface area (Å²) in [5.41, 5.74) is 12.6. The fraction of sp³-hybridized carbons (Fsp3) is 0.265. The number of para-hydroxylation sites is 3. The SMILES string of the molecule is CN.CN1CC(=O)CC(Cc2c(C(=O)c3ccc4c(c3)OCO4)[nH]c3ccccc23)C1=O.COC(=O)C(Cc1c(C(=O)c2ccc3c(c2)OCO3)[nH]c2ccccc12)NC(=O)CCl.COC(=O)[C@H]1Cc2c([nH]c3ccccc23)[C@@H](c2ccc3c(c2)OCO3)N1C(=O)CCl.O=[Se]=O. The molecule has 5 aliphatic rings. The Hall–Kier alpha value is -10.2. The van der Waals surface area contributed by atoms with Crippen LogP contribution in [0.3, 0.4) is 0 Å². The molecule has 6 aromatic carbocycles. The van der Waals surface area contributed by atoms with Crippen molar-refractivity contribution < 1.29 is 83.9 Å². The number of piperidine rings is 1. The second-order valence-electron chi connectivity index (χ2n) is 22.0. The standard InChI is InChI=1S/C23H20N2O5.C22H19ClN2O6.C22H19ClN2O5.CH5N.O2Se/c1-25-11-15(26)8-14(23(25)28)9-17-16-4-2-3-5-18(16)24-21(17)22(27)13-6-7-19-20(10-13)30-12-29-19;1-29-22(28)16(24-19(26)10-23)9-14-13-4-2-3-5-15(13)25-20(14)21(27)12-6-7-17-18(8-12)31-11-30-17;1-28-22(27)16-9-14-13-4-2-3-5-15(13)24-20(14)21(25(16)19(26)10-23)12-6-7-17-18(8-12)30-11-29-17;1-2;1-3-2/h2-7,10,14,24H,8-9,11-12H2,1H3;2-8,16,25H,9-11H2,1H3,(H,24,26);2-8,16,21,24H,9-11H2,1H3;2H2,1H3;/t;;16-,21-;;/m..1../s1. The minimum atomic E-state index is -1.62. The van der Waals surface area contributed by atoms with Crippen molar-refractivity contribution in [2.45, 2.75) is 43.8 Å². The number of nitrogens with zero attached hydrogens (tertiary/aromatic N) is 2. The molecule has 1 saturated heterocycles. The Balaban J connectivity index is 0.000000151. The predicted molar refractivity (Wildman–Crippen MR) is 348 cm³/mol. The average Bonchev–Trinajstić information content (AvgIpc) is 1.51. The Morgan fingerprint density at radius 2 is 1.11 bits per heavy atom. The molecule has 2 unspecified atom stereocenters. The van der Waals surface area contributed by atoms with Crippen LogP contribution in [0.5, 0.6) is 34.5 Å². The van der Waals surface area contributed by atoms with E-state index < -0.39 is 56.7 Å². The number of benzene rings is 6. The number of methoxy groups -OCH3 is 2. The third-order valence-electron chi connectivity index (χ3n) is 16.5. The number of aromatic amines is 3. The topological polar surface area (TPSA) is 336 Å². The van der Waals surface area contributed by atoms with Crippen molar-refractivity contribution in [1.29, 1.82) is 0 Å². The van der Waals surface area contributed by atoms with Gasteiger partial charge in [0.1, 0.15) is 23.8 Å². The molecule has 25 nitrogen and oxygen atoms in total. The monoisotopic (exact) mass is 1420 g/mol. The van der Waals surface area contributed by atoms with Crippen LogP contribution in [0.2, 0.25) is 0 Å². The van der Waals surface area contributed by atoms with E-state index in [9.17, 15) is 38.4 Å². The number of fused-ring (bicyclic) bond motifs is 8. The number of H-pyrrole nitrogens is 3. The number of ether oxygens (including phenoxy) is 8. The summed E-state index contributed by atoms with van der Waals surface area (Å²) in [6.07, 6.45) is 0.908. The van der Waals surface area contributed by atoms with Gasteiger partial charge in [-0.05, 0) is 102 Å². The molecule has 3 aromatic heterocycles. The third kappa shape index (κ3) is 14.4. The van der Waals surface area contributed by atoms with Crippen LogP contribution >= 0.6 is 23.2 Å². The fourth-order valence-electron chi connectivity index (χ4n) is 12.3. The number of ketones is 3. The van der Waals surface area contributed by atoms with Crippen LogP contribution in [0, 0.1) is 5.92 Å². The van der Waals surface area contributed by atoms with E-state index in [1.54, 1.807) is 43.4 Å². The molecular formula is C68H63Cl2N7O18Se. The van der Waals surface area contributed by atoms with Crippen molar-refractivity contribution in [3.63, 3.8) is 0 Å². The van der Waals surface area contributed by atoms with E-state index in [4.69, 9.17) is 68.8 Å². The van der Waals surface area contributed by atoms with E-state index in [1.807, 2.05) is 91.0 Å². The number of hydrogen-bond acceptors (Lipinski definition) is 19. The molecule has 498 valence electrons. The molecule has 5 aliphatic heterocycles. The van der Waals surface area contributed by atoms with E-state index in [2.05, 4.69) is 26.0 Å². The summed E-state index contributed by atoms with van der Waals surface area (Å²) in [5.74, 6) is -0.0481. The van der Waals surface area contributed by atoms with Crippen LogP contribution in [-0.2, 0) is 65.2 Å². The van der Waals surface area contributed by atoms with Gasteiger partial charge in [0, 0.05) is 81.8 Å². The van der Waals surface area contributed by atoms with Crippen LogP contribution in [0.25, 0.3) is 32.7 Å². The van der Waals surface area contributed by atoms with E-state index in [1.165, 1.54) is 31.1 Å². The van der Waals surface area contributed by atoms with Gasteiger partial charge in [0.15, 0.2) is 40.3 Å².